The Hall–Kier alpha value is -0.630. The summed E-state index contributed by atoms with van der Waals surface area (Å²) in [5, 5.41) is 3.28. The maximum atomic E-state index is 11.5. The van der Waals surface area contributed by atoms with Gasteiger partial charge in [-0.05, 0) is 38.6 Å². The van der Waals surface area contributed by atoms with Crippen molar-refractivity contribution in [2.75, 3.05) is 7.05 Å². The van der Waals surface area contributed by atoms with Gasteiger partial charge in [0.25, 0.3) is 0 Å². The van der Waals surface area contributed by atoms with Gasteiger partial charge in [-0.3, -0.25) is 4.79 Å². The molecular formula is C15H29NO. The summed E-state index contributed by atoms with van der Waals surface area (Å²) in [7, 11) is 1.97. The van der Waals surface area contributed by atoms with Crippen LogP contribution in [0.3, 0.4) is 0 Å². The molecule has 17 heavy (non-hydrogen) atoms. The molecule has 2 atom stereocenters. The first-order chi connectivity index (χ1) is 7.86. The Bertz CT molecular complexity index is 243. The lowest BCUT2D eigenvalue weighted by atomic mass is 9.92. The molecule has 0 heterocycles. The van der Waals surface area contributed by atoms with Crippen molar-refractivity contribution < 1.29 is 4.79 Å². The minimum absolute atomic E-state index is 0.0815. The molecule has 2 heteroatoms. The molecule has 0 fully saturated rings. The highest BCUT2D eigenvalue weighted by atomic mass is 16.1. The molecule has 1 N–H and O–H groups in total. The van der Waals surface area contributed by atoms with Crippen LogP contribution in [0.15, 0.2) is 12.2 Å². The van der Waals surface area contributed by atoms with Crippen LogP contribution in [0, 0.1) is 17.8 Å². The number of hydrogen-bond donors (Lipinski definition) is 1. The summed E-state index contributed by atoms with van der Waals surface area (Å²) < 4.78 is 0. The van der Waals surface area contributed by atoms with Gasteiger partial charge < -0.3 is 5.32 Å². The molecule has 0 radical (unpaired) electrons. The van der Waals surface area contributed by atoms with Crippen LogP contribution in [0.25, 0.3) is 0 Å². The van der Waals surface area contributed by atoms with E-state index in [4.69, 9.17) is 0 Å². The fraction of sp³-hybridized carbons (Fsp3) is 0.800. The van der Waals surface area contributed by atoms with E-state index in [9.17, 15) is 4.79 Å². The minimum atomic E-state index is 0.0815. The fourth-order valence-corrected chi connectivity index (χ4v) is 1.96. The predicted molar refractivity (Wildman–Crippen MR) is 75.1 cm³/mol. The Kier molecular flexibility index (Phi) is 8.15. The van der Waals surface area contributed by atoms with Gasteiger partial charge in [-0.15, -0.1) is 0 Å². The molecule has 0 aliphatic heterocycles. The molecule has 0 saturated carbocycles. The van der Waals surface area contributed by atoms with E-state index in [0.29, 0.717) is 17.9 Å². The second-order valence-corrected chi connectivity index (χ2v) is 5.76. The van der Waals surface area contributed by atoms with Crippen molar-refractivity contribution in [1.29, 1.82) is 0 Å². The highest BCUT2D eigenvalue weighted by Gasteiger charge is 2.13. The summed E-state index contributed by atoms with van der Waals surface area (Å²) in [6.07, 6.45) is 6.31. The first kappa shape index (κ1) is 16.4. The van der Waals surface area contributed by atoms with Crippen LogP contribution in [0.2, 0.25) is 0 Å². The number of ketones is 1. The van der Waals surface area contributed by atoms with E-state index in [-0.39, 0.29) is 11.7 Å². The van der Waals surface area contributed by atoms with Gasteiger partial charge >= 0.3 is 0 Å². The Morgan fingerprint density at radius 3 is 1.94 bits per heavy atom. The molecule has 0 aliphatic carbocycles. The number of allylic oxidation sites excluding steroid dienone is 1. The van der Waals surface area contributed by atoms with Crippen molar-refractivity contribution in [2.45, 2.75) is 53.5 Å². The van der Waals surface area contributed by atoms with Gasteiger partial charge in [0.1, 0.15) is 5.78 Å². The van der Waals surface area contributed by atoms with Crippen molar-refractivity contribution in [1.82, 2.24) is 5.32 Å². The number of carbonyl (C=O) groups excluding carboxylic acids is 1. The fourth-order valence-electron chi connectivity index (χ4n) is 1.96. The number of likely N-dealkylation sites (N-methyl/N-ethyl adjacent to an activating group) is 1. The van der Waals surface area contributed by atoms with E-state index in [1.54, 1.807) is 6.92 Å². The lowest BCUT2D eigenvalue weighted by molar-refractivity contribution is -0.119. The smallest absolute Gasteiger partial charge is 0.136 e. The summed E-state index contributed by atoms with van der Waals surface area (Å²) in [6.45, 7) is 10.4. The van der Waals surface area contributed by atoms with Gasteiger partial charge in [0.2, 0.25) is 0 Å². The SMILES string of the molecule is CN[C@H](/C=C\[C@H](CC(C)C)C(C)=O)CC(C)C. The van der Waals surface area contributed by atoms with E-state index in [2.05, 4.69) is 45.2 Å². The van der Waals surface area contributed by atoms with Gasteiger partial charge in [0, 0.05) is 12.0 Å². The third kappa shape index (κ3) is 8.14. The van der Waals surface area contributed by atoms with Crippen LogP contribution in [-0.4, -0.2) is 18.9 Å². The van der Waals surface area contributed by atoms with Crippen LogP contribution in [0.1, 0.15) is 47.5 Å². The molecule has 0 spiro atoms. The Labute approximate surface area is 107 Å². The highest BCUT2D eigenvalue weighted by Crippen LogP contribution is 2.15. The van der Waals surface area contributed by atoms with Gasteiger partial charge in [-0.25, -0.2) is 0 Å². The monoisotopic (exact) mass is 239 g/mol. The number of rotatable bonds is 8. The summed E-state index contributed by atoms with van der Waals surface area (Å²) >= 11 is 0. The molecular weight excluding hydrogens is 210 g/mol. The Morgan fingerprint density at radius 2 is 1.59 bits per heavy atom. The first-order valence-corrected chi connectivity index (χ1v) is 6.72. The van der Waals surface area contributed by atoms with Crippen molar-refractivity contribution in [3.8, 4) is 0 Å². The molecule has 0 rings (SSSR count). The zero-order valence-electron chi connectivity index (χ0n) is 12.3. The van der Waals surface area contributed by atoms with Crippen LogP contribution in [-0.2, 0) is 4.79 Å². The average Bonchev–Trinajstić information content (AvgIpc) is 2.20. The Balaban J connectivity index is 4.44. The van der Waals surface area contributed by atoms with E-state index in [0.717, 1.165) is 12.8 Å². The number of Topliss-reactive ketones (excluding diaryl/α,β-unsaturated/α-hetero) is 1. The standard InChI is InChI=1S/C15H29NO/c1-11(2)9-14(13(5)17)7-8-15(16-6)10-12(3)4/h7-8,11-12,14-16H,9-10H2,1-6H3/b8-7-/t14-,15-/m1/s1. The second-order valence-electron chi connectivity index (χ2n) is 5.76. The number of carbonyl (C=O) groups is 1. The minimum Gasteiger partial charge on any atom is -0.314 e. The molecule has 0 aromatic rings. The van der Waals surface area contributed by atoms with Crippen LogP contribution in [0.5, 0.6) is 0 Å². The predicted octanol–water partition coefficient (Wildman–Crippen LogP) is 3.43. The molecule has 0 aromatic carbocycles. The zero-order valence-corrected chi connectivity index (χ0v) is 12.3. The summed E-state index contributed by atoms with van der Waals surface area (Å²) in [5.74, 6) is 1.58. The molecule has 0 amide bonds. The number of hydrogen-bond acceptors (Lipinski definition) is 2. The van der Waals surface area contributed by atoms with Gasteiger partial charge in [-0.1, -0.05) is 39.8 Å². The lowest BCUT2D eigenvalue weighted by Gasteiger charge is -2.16. The first-order valence-electron chi connectivity index (χ1n) is 6.72. The Morgan fingerprint density at radius 1 is 1.06 bits per heavy atom. The van der Waals surface area contributed by atoms with E-state index in [1.807, 2.05) is 7.05 Å². The van der Waals surface area contributed by atoms with Crippen molar-refractivity contribution >= 4 is 5.78 Å². The maximum Gasteiger partial charge on any atom is 0.136 e. The maximum absolute atomic E-state index is 11.5. The largest absolute Gasteiger partial charge is 0.314 e. The van der Waals surface area contributed by atoms with Crippen molar-refractivity contribution in [2.24, 2.45) is 17.8 Å². The molecule has 0 aliphatic rings. The summed E-state index contributed by atoms with van der Waals surface area (Å²) in [6, 6.07) is 0.379. The van der Waals surface area contributed by atoms with Crippen LogP contribution < -0.4 is 5.32 Å². The molecule has 2 nitrogen and oxygen atoms in total. The third-order valence-electron chi connectivity index (χ3n) is 2.92. The normalized spacial score (nSPS) is 15.8. The van der Waals surface area contributed by atoms with Gasteiger partial charge in [-0.2, -0.15) is 0 Å². The molecule has 0 saturated heterocycles. The average molecular weight is 239 g/mol. The summed E-state index contributed by atoms with van der Waals surface area (Å²) in [5.41, 5.74) is 0. The topological polar surface area (TPSA) is 29.1 Å². The molecule has 0 aromatic heterocycles. The zero-order chi connectivity index (χ0) is 13.4. The van der Waals surface area contributed by atoms with Crippen molar-refractivity contribution in [3.63, 3.8) is 0 Å². The third-order valence-corrected chi connectivity index (χ3v) is 2.92. The van der Waals surface area contributed by atoms with Gasteiger partial charge in [0.05, 0.1) is 0 Å². The van der Waals surface area contributed by atoms with Crippen LogP contribution in [0.4, 0.5) is 0 Å². The van der Waals surface area contributed by atoms with Crippen LogP contribution >= 0.6 is 0 Å². The van der Waals surface area contributed by atoms with Gasteiger partial charge in [0.15, 0.2) is 0 Å². The molecule has 0 bridgehead atoms. The summed E-state index contributed by atoms with van der Waals surface area (Å²) in [4.78, 5) is 11.5. The molecule has 100 valence electrons. The quantitative estimate of drug-likeness (QED) is 0.658. The van der Waals surface area contributed by atoms with E-state index < -0.39 is 0 Å². The van der Waals surface area contributed by atoms with E-state index in [1.165, 1.54) is 0 Å². The van der Waals surface area contributed by atoms with E-state index >= 15 is 0 Å². The highest BCUT2D eigenvalue weighted by molar-refractivity contribution is 5.80. The number of nitrogens with one attached hydrogen (secondary N) is 1. The van der Waals surface area contributed by atoms with Crippen molar-refractivity contribution in [3.05, 3.63) is 12.2 Å². The molecule has 0 unspecified atom stereocenters. The second kappa shape index (κ2) is 8.46. The lowest BCUT2D eigenvalue weighted by Crippen LogP contribution is -2.25.